The molecule has 3 heterocycles. The second-order valence-electron chi connectivity index (χ2n) is 3.12. The monoisotopic (exact) mass is 248 g/mol. The van der Waals surface area contributed by atoms with Crippen LogP contribution in [0.25, 0.3) is 0 Å². The molecular weight excluding hydrogens is 232 g/mol. The van der Waals surface area contributed by atoms with Crippen molar-refractivity contribution in [3.8, 4) is 0 Å². The second-order valence-corrected chi connectivity index (χ2v) is 3.12. The molecule has 0 atom stereocenters. The van der Waals surface area contributed by atoms with Crippen LogP contribution in [0.4, 0.5) is 0 Å². The Morgan fingerprint density at radius 1 is 0.556 bits per heavy atom. The SMILES string of the molecule is C1CNCCN1.c1cnnnc1.c1cnnnc1. The molecular formula is C10H16N8. The van der Waals surface area contributed by atoms with Gasteiger partial charge in [-0.15, -0.1) is 20.4 Å². The molecule has 18 heavy (non-hydrogen) atoms. The highest BCUT2D eigenvalue weighted by Crippen LogP contribution is 1.65. The highest BCUT2D eigenvalue weighted by molar-refractivity contribution is 4.70. The average molecular weight is 248 g/mol. The largest absolute Gasteiger partial charge is 0.314 e. The van der Waals surface area contributed by atoms with Gasteiger partial charge in [-0.1, -0.05) is 0 Å². The highest BCUT2D eigenvalue weighted by Gasteiger charge is 1.91. The van der Waals surface area contributed by atoms with E-state index in [9.17, 15) is 0 Å². The molecule has 0 radical (unpaired) electrons. The van der Waals surface area contributed by atoms with Crippen molar-refractivity contribution < 1.29 is 0 Å². The van der Waals surface area contributed by atoms with Crippen LogP contribution in [-0.4, -0.2) is 57.0 Å². The van der Waals surface area contributed by atoms with Gasteiger partial charge in [0.05, 0.1) is 24.8 Å². The molecule has 96 valence electrons. The van der Waals surface area contributed by atoms with E-state index < -0.39 is 0 Å². The van der Waals surface area contributed by atoms with E-state index in [1.54, 1.807) is 36.9 Å². The fourth-order valence-electron chi connectivity index (χ4n) is 1.01. The van der Waals surface area contributed by atoms with Crippen molar-refractivity contribution in [2.45, 2.75) is 0 Å². The van der Waals surface area contributed by atoms with Crippen molar-refractivity contribution in [3.05, 3.63) is 36.9 Å². The fourth-order valence-corrected chi connectivity index (χ4v) is 1.01. The molecule has 3 rings (SSSR count). The van der Waals surface area contributed by atoms with Crippen molar-refractivity contribution in [2.24, 2.45) is 0 Å². The zero-order valence-electron chi connectivity index (χ0n) is 9.98. The van der Waals surface area contributed by atoms with E-state index in [0.717, 1.165) is 26.2 Å². The van der Waals surface area contributed by atoms with Crippen LogP contribution in [0.5, 0.6) is 0 Å². The minimum absolute atomic E-state index is 1.14. The average Bonchev–Trinajstić information content (AvgIpc) is 2.54. The fraction of sp³-hybridized carbons (Fsp3) is 0.400. The maximum absolute atomic E-state index is 3.42. The second kappa shape index (κ2) is 11.4. The number of rotatable bonds is 0. The number of hydrogen-bond donors (Lipinski definition) is 2. The van der Waals surface area contributed by atoms with Gasteiger partial charge in [0.15, 0.2) is 0 Å². The van der Waals surface area contributed by atoms with Gasteiger partial charge in [-0.2, -0.15) is 0 Å². The zero-order chi connectivity index (χ0) is 12.7. The van der Waals surface area contributed by atoms with Crippen LogP contribution >= 0.6 is 0 Å². The molecule has 0 unspecified atom stereocenters. The molecule has 2 N–H and O–H groups in total. The van der Waals surface area contributed by atoms with Gasteiger partial charge in [0, 0.05) is 26.2 Å². The molecule has 0 spiro atoms. The van der Waals surface area contributed by atoms with Gasteiger partial charge < -0.3 is 10.6 Å². The molecule has 0 bridgehead atoms. The molecule has 8 nitrogen and oxygen atoms in total. The van der Waals surface area contributed by atoms with Crippen molar-refractivity contribution in [2.75, 3.05) is 26.2 Å². The first-order valence-electron chi connectivity index (χ1n) is 5.58. The maximum Gasteiger partial charge on any atom is 0.0529 e. The predicted octanol–water partition coefficient (Wildman–Crippen LogP) is -1.08. The third kappa shape index (κ3) is 9.19. The summed E-state index contributed by atoms with van der Waals surface area (Å²) in [5.74, 6) is 0. The summed E-state index contributed by atoms with van der Waals surface area (Å²) in [4.78, 5) is 0. The van der Waals surface area contributed by atoms with E-state index in [1.165, 1.54) is 0 Å². The summed E-state index contributed by atoms with van der Waals surface area (Å²) in [5.41, 5.74) is 0. The van der Waals surface area contributed by atoms with E-state index in [0.29, 0.717) is 0 Å². The Bertz CT molecular complexity index is 256. The van der Waals surface area contributed by atoms with Crippen LogP contribution in [0.3, 0.4) is 0 Å². The van der Waals surface area contributed by atoms with Crippen LogP contribution in [0.15, 0.2) is 36.9 Å². The van der Waals surface area contributed by atoms with Crippen molar-refractivity contribution in [1.29, 1.82) is 0 Å². The van der Waals surface area contributed by atoms with Crippen LogP contribution in [0.2, 0.25) is 0 Å². The van der Waals surface area contributed by atoms with Crippen LogP contribution in [-0.2, 0) is 0 Å². The summed E-state index contributed by atoms with van der Waals surface area (Å²) in [6, 6.07) is 3.43. The van der Waals surface area contributed by atoms with Gasteiger partial charge in [0.25, 0.3) is 0 Å². The number of nitrogens with zero attached hydrogens (tertiary/aromatic N) is 6. The lowest BCUT2D eigenvalue weighted by Crippen LogP contribution is -2.39. The summed E-state index contributed by atoms with van der Waals surface area (Å²) in [6.45, 7) is 4.56. The van der Waals surface area contributed by atoms with Crippen LogP contribution in [0, 0.1) is 0 Å². The normalized spacial score (nSPS) is 13.3. The highest BCUT2D eigenvalue weighted by atomic mass is 15.3. The van der Waals surface area contributed by atoms with Crippen molar-refractivity contribution in [3.63, 3.8) is 0 Å². The van der Waals surface area contributed by atoms with E-state index in [-0.39, 0.29) is 0 Å². The Hall–Kier alpha value is -2.06. The predicted molar refractivity (Wildman–Crippen MR) is 65.4 cm³/mol. The number of nitrogens with one attached hydrogen (secondary N) is 2. The Morgan fingerprint density at radius 3 is 1.00 bits per heavy atom. The summed E-state index contributed by atoms with van der Waals surface area (Å²) in [5, 5.41) is 26.7. The Kier molecular flexibility index (Phi) is 8.89. The van der Waals surface area contributed by atoms with Gasteiger partial charge in [-0.25, -0.2) is 0 Å². The smallest absolute Gasteiger partial charge is 0.0529 e. The lowest BCUT2D eigenvalue weighted by molar-refractivity contribution is 0.534. The van der Waals surface area contributed by atoms with Gasteiger partial charge >= 0.3 is 0 Å². The molecule has 0 amide bonds. The lowest BCUT2D eigenvalue weighted by atomic mass is 10.4. The van der Waals surface area contributed by atoms with E-state index >= 15 is 0 Å². The molecule has 2 aromatic rings. The minimum Gasteiger partial charge on any atom is -0.314 e. The number of aromatic nitrogens is 6. The van der Waals surface area contributed by atoms with Gasteiger partial charge in [-0.05, 0) is 22.6 Å². The summed E-state index contributed by atoms with van der Waals surface area (Å²) in [6.07, 6.45) is 6.31. The van der Waals surface area contributed by atoms with E-state index in [4.69, 9.17) is 0 Å². The van der Waals surface area contributed by atoms with Gasteiger partial charge in [0.1, 0.15) is 0 Å². The Balaban J connectivity index is 0.000000135. The molecule has 1 saturated heterocycles. The molecule has 0 aliphatic carbocycles. The number of piperazine rings is 1. The topological polar surface area (TPSA) is 101 Å². The molecule has 1 aliphatic heterocycles. The van der Waals surface area contributed by atoms with E-state index in [2.05, 4.69) is 41.5 Å². The lowest BCUT2D eigenvalue weighted by Gasteiger charge is -2.11. The molecule has 0 aromatic carbocycles. The Morgan fingerprint density at radius 2 is 0.889 bits per heavy atom. The molecule has 2 aromatic heterocycles. The summed E-state index contributed by atoms with van der Waals surface area (Å²) in [7, 11) is 0. The van der Waals surface area contributed by atoms with E-state index in [1.807, 2.05) is 0 Å². The van der Waals surface area contributed by atoms with Crippen molar-refractivity contribution >= 4 is 0 Å². The van der Waals surface area contributed by atoms with Crippen LogP contribution in [0.1, 0.15) is 0 Å². The standard InChI is InChI=1S/C4H10N2.2C3H3N3/c1-2-6-4-3-5-1;2*1-2-4-6-5-3-1/h5-6H,1-4H2;2*1-3H. The first-order chi connectivity index (χ1) is 9.00. The maximum atomic E-state index is 3.42. The third-order valence-electron chi connectivity index (χ3n) is 1.77. The first kappa shape index (κ1) is 14.0. The zero-order valence-corrected chi connectivity index (χ0v) is 9.98. The minimum atomic E-state index is 1.14. The third-order valence-corrected chi connectivity index (χ3v) is 1.77. The quantitative estimate of drug-likeness (QED) is 0.607. The molecule has 8 heteroatoms. The van der Waals surface area contributed by atoms with Crippen LogP contribution < -0.4 is 10.6 Å². The summed E-state index contributed by atoms with van der Waals surface area (Å²) < 4.78 is 0. The molecule has 0 saturated carbocycles. The molecule has 1 fully saturated rings. The summed E-state index contributed by atoms with van der Waals surface area (Å²) >= 11 is 0. The van der Waals surface area contributed by atoms with Crippen molar-refractivity contribution in [1.82, 2.24) is 41.5 Å². The molecule has 1 aliphatic rings. The number of hydrogen-bond acceptors (Lipinski definition) is 8. The van der Waals surface area contributed by atoms with Gasteiger partial charge in [0.2, 0.25) is 0 Å². The first-order valence-corrected chi connectivity index (χ1v) is 5.58. The Labute approximate surface area is 105 Å². The van der Waals surface area contributed by atoms with Gasteiger partial charge in [-0.3, -0.25) is 0 Å².